The van der Waals surface area contributed by atoms with Crippen molar-refractivity contribution in [2.45, 2.75) is 36.0 Å². The molecule has 8 nitrogen and oxygen atoms in total. The van der Waals surface area contributed by atoms with Gasteiger partial charge < -0.3 is 4.74 Å². The number of rotatable bonds is 6. The number of carbonyl (C=O) groups is 1. The van der Waals surface area contributed by atoms with Crippen LogP contribution < -0.4 is 5.56 Å². The lowest BCUT2D eigenvalue weighted by Gasteiger charge is -2.15. The van der Waals surface area contributed by atoms with Gasteiger partial charge in [-0.05, 0) is 42.4 Å². The van der Waals surface area contributed by atoms with Crippen molar-refractivity contribution in [1.82, 2.24) is 19.5 Å². The van der Waals surface area contributed by atoms with E-state index in [2.05, 4.69) is 15.0 Å². The van der Waals surface area contributed by atoms with Crippen LogP contribution in [-0.4, -0.2) is 32.6 Å². The second kappa shape index (κ2) is 9.16. The zero-order chi connectivity index (χ0) is 22.7. The maximum Gasteiger partial charge on any atom is 0.329 e. The van der Waals surface area contributed by atoms with Crippen LogP contribution in [0.4, 0.5) is 0 Å². The van der Waals surface area contributed by atoms with Crippen LogP contribution in [0, 0.1) is 11.3 Å². The van der Waals surface area contributed by atoms with E-state index in [-0.39, 0.29) is 11.3 Å². The van der Waals surface area contributed by atoms with Gasteiger partial charge in [0.2, 0.25) is 0 Å². The van der Waals surface area contributed by atoms with E-state index in [0.717, 1.165) is 18.2 Å². The van der Waals surface area contributed by atoms with E-state index >= 15 is 0 Å². The summed E-state index contributed by atoms with van der Waals surface area (Å²) in [6, 6.07) is 16.3. The lowest BCUT2D eigenvalue weighted by atomic mass is 10.1. The van der Waals surface area contributed by atoms with Crippen LogP contribution in [0.1, 0.15) is 25.0 Å². The highest BCUT2D eigenvalue weighted by atomic mass is 32.2. The van der Waals surface area contributed by atoms with Gasteiger partial charge in [0.25, 0.3) is 5.56 Å². The van der Waals surface area contributed by atoms with Crippen molar-refractivity contribution >= 4 is 39.7 Å². The first-order valence-corrected chi connectivity index (χ1v) is 10.8. The van der Waals surface area contributed by atoms with Crippen LogP contribution in [-0.2, 0) is 16.1 Å². The van der Waals surface area contributed by atoms with Crippen LogP contribution in [0.3, 0.4) is 0 Å². The maximum atomic E-state index is 13.1. The Morgan fingerprint density at radius 2 is 1.75 bits per heavy atom. The average Bonchev–Trinajstić information content (AvgIpc) is 2.82. The molecule has 9 heteroatoms. The van der Waals surface area contributed by atoms with Gasteiger partial charge in [-0.1, -0.05) is 31.2 Å². The number of ether oxygens (including phenoxy) is 1. The number of nitriles is 1. The molecule has 2 heterocycles. The molecule has 2 aromatic heterocycles. The number of nitrogens with zero attached hydrogens (tertiary/aromatic N) is 5. The summed E-state index contributed by atoms with van der Waals surface area (Å²) >= 11 is 1.12. The molecule has 0 amide bonds. The van der Waals surface area contributed by atoms with Crippen molar-refractivity contribution in [3.63, 3.8) is 0 Å². The second-order valence-electron chi connectivity index (χ2n) is 6.96. The molecule has 0 fully saturated rings. The third-order valence-electron chi connectivity index (χ3n) is 4.86. The Hall–Kier alpha value is -3.77. The molecule has 1 unspecified atom stereocenters. The van der Waals surface area contributed by atoms with E-state index in [1.807, 2.05) is 25.1 Å². The molecule has 0 aliphatic heterocycles. The van der Waals surface area contributed by atoms with Crippen molar-refractivity contribution in [1.29, 1.82) is 5.26 Å². The summed E-state index contributed by atoms with van der Waals surface area (Å²) in [6.07, 6.45) is 0.729. The van der Waals surface area contributed by atoms with Crippen molar-refractivity contribution in [3.8, 4) is 6.07 Å². The van der Waals surface area contributed by atoms with Crippen molar-refractivity contribution in [2.24, 2.45) is 0 Å². The van der Waals surface area contributed by atoms with Gasteiger partial charge in [-0.25, -0.2) is 15.0 Å². The minimum absolute atomic E-state index is 0.153. The number of fused-ring (bicyclic) bond motifs is 2. The van der Waals surface area contributed by atoms with Crippen molar-refractivity contribution in [3.05, 3.63) is 64.6 Å². The van der Waals surface area contributed by atoms with Crippen molar-refractivity contribution < 1.29 is 9.53 Å². The summed E-state index contributed by atoms with van der Waals surface area (Å²) in [7, 11) is 1.22. The van der Waals surface area contributed by atoms with Gasteiger partial charge in [0.1, 0.15) is 10.7 Å². The Kier molecular flexibility index (Phi) is 6.14. The van der Waals surface area contributed by atoms with Gasteiger partial charge in [0.05, 0.1) is 35.1 Å². The summed E-state index contributed by atoms with van der Waals surface area (Å²) in [6.45, 7) is 2.44. The second-order valence-corrected chi connectivity index (χ2v) is 7.91. The fourth-order valence-electron chi connectivity index (χ4n) is 3.34. The van der Waals surface area contributed by atoms with Crippen LogP contribution in [0.5, 0.6) is 0 Å². The highest BCUT2D eigenvalue weighted by molar-refractivity contribution is 7.99. The number of hydrogen-bond donors (Lipinski definition) is 0. The van der Waals surface area contributed by atoms with Gasteiger partial charge in [-0.2, -0.15) is 5.26 Å². The van der Waals surface area contributed by atoms with E-state index < -0.39 is 11.9 Å². The molecule has 0 radical (unpaired) electrons. The first-order valence-electron chi connectivity index (χ1n) is 9.99. The summed E-state index contributed by atoms with van der Waals surface area (Å²) < 4.78 is 6.40. The largest absolute Gasteiger partial charge is 0.468 e. The monoisotopic (exact) mass is 445 g/mol. The molecule has 0 aliphatic rings. The smallest absolute Gasteiger partial charge is 0.329 e. The first-order chi connectivity index (χ1) is 15.6. The number of methoxy groups -OCH3 is 1. The molecule has 0 saturated heterocycles. The van der Waals surface area contributed by atoms with Gasteiger partial charge in [-0.15, -0.1) is 0 Å². The van der Waals surface area contributed by atoms with E-state index in [0.29, 0.717) is 38.7 Å². The van der Waals surface area contributed by atoms with E-state index in [1.54, 1.807) is 41.0 Å². The standard InChI is InChI=1S/C23H19N5O3S/c1-3-12-28-21(29)14-8-4-5-9-16(14)27-23(28)32-20-19(15(13-24)22(30)31-2)25-17-10-6-7-11-18(17)26-20/h4-11,15H,3,12H2,1-2H3. The Balaban J connectivity index is 1.94. The Labute approximate surface area is 187 Å². The quantitative estimate of drug-likeness (QED) is 0.326. The van der Waals surface area contributed by atoms with Gasteiger partial charge >= 0.3 is 5.97 Å². The molecule has 32 heavy (non-hydrogen) atoms. The van der Waals surface area contributed by atoms with E-state index in [1.165, 1.54) is 7.11 Å². The predicted molar refractivity (Wildman–Crippen MR) is 120 cm³/mol. The SMILES string of the molecule is CCCn1c(Sc2nc3ccccc3nc2C(C#N)C(=O)OC)nc2ccccc2c1=O. The Morgan fingerprint density at radius 3 is 2.41 bits per heavy atom. The van der Waals surface area contributed by atoms with Gasteiger partial charge in [-0.3, -0.25) is 14.2 Å². The van der Waals surface area contributed by atoms with Crippen LogP contribution in [0.2, 0.25) is 0 Å². The van der Waals surface area contributed by atoms with Gasteiger partial charge in [0.15, 0.2) is 11.1 Å². The first kappa shape index (κ1) is 21.5. The molecule has 4 rings (SSSR count). The lowest BCUT2D eigenvalue weighted by Crippen LogP contribution is -2.23. The number of hydrogen-bond acceptors (Lipinski definition) is 8. The van der Waals surface area contributed by atoms with Gasteiger partial charge in [0, 0.05) is 6.54 Å². The highest BCUT2D eigenvalue weighted by Gasteiger charge is 2.28. The zero-order valence-electron chi connectivity index (χ0n) is 17.5. The normalized spacial score (nSPS) is 11.9. The Morgan fingerprint density at radius 1 is 1.09 bits per heavy atom. The minimum atomic E-state index is -1.26. The number of esters is 1. The number of para-hydroxylation sites is 3. The maximum absolute atomic E-state index is 13.1. The molecular formula is C23H19N5O3S. The molecule has 0 aliphatic carbocycles. The predicted octanol–water partition coefficient (Wildman–Crippen LogP) is 3.68. The topological polar surface area (TPSA) is 111 Å². The highest BCUT2D eigenvalue weighted by Crippen LogP contribution is 2.33. The summed E-state index contributed by atoms with van der Waals surface area (Å²) in [5.41, 5.74) is 1.74. The Bertz CT molecular complexity index is 1430. The van der Waals surface area contributed by atoms with E-state index in [4.69, 9.17) is 4.74 Å². The van der Waals surface area contributed by atoms with Crippen LogP contribution in [0.15, 0.2) is 63.5 Å². The van der Waals surface area contributed by atoms with Crippen LogP contribution >= 0.6 is 11.8 Å². The van der Waals surface area contributed by atoms with E-state index in [9.17, 15) is 14.9 Å². The molecule has 1 atom stereocenters. The number of benzene rings is 2. The average molecular weight is 446 g/mol. The fraction of sp³-hybridized carbons (Fsp3) is 0.217. The molecular weight excluding hydrogens is 426 g/mol. The fourth-order valence-corrected chi connectivity index (χ4v) is 4.35. The van der Waals surface area contributed by atoms with Crippen LogP contribution in [0.25, 0.3) is 21.9 Å². The molecule has 2 aromatic carbocycles. The number of aromatic nitrogens is 4. The third-order valence-corrected chi connectivity index (χ3v) is 5.85. The summed E-state index contributed by atoms with van der Waals surface area (Å²) in [5.74, 6) is -1.98. The summed E-state index contributed by atoms with van der Waals surface area (Å²) in [4.78, 5) is 39.3. The number of carbonyl (C=O) groups excluding carboxylic acids is 1. The summed E-state index contributed by atoms with van der Waals surface area (Å²) in [5, 5.41) is 10.9. The van der Waals surface area contributed by atoms with Crippen molar-refractivity contribution in [2.75, 3.05) is 7.11 Å². The molecule has 4 aromatic rings. The molecule has 0 spiro atoms. The molecule has 0 bridgehead atoms. The third kappa shape index (κ3) is 3.92. The molecule has 160 valence electrons. The lowest BCUT2D eigenvalue weighted by molar-refractivity contribution is -0.141. The zero-order valence-corrected chi connectivity index (χ0v) is 18.3. The molecule has 0 saturated carbocycles. The minimum Gasteiger partial charge on any atom is -0.468 e. The molecule has 0 N–H and O–H groups in total.